The maximum absolute atomic E-state index is 12.5. The number of ether oxygens (including phenoxy) is 1. The van der Waals surface area contributed by atoms with Crippen LogP contribution in [-0.4, -0.2) is 18.4 Å². The van der Waals surface area contributed by atoms with E-state index in [2.05, 4.69) is 10.6 Å². The number of anilines is 2. The van der Waals surface area contributed by atoms with Gasteiger partial charge in [0.2, 0.25) is 0 Å². The number of nitrogens with zero attached hydrogens (tertiary/aromatic N) is 1. The molecule has 2 amide bonds. The number of carbonyl (C=O) groups is 2. The van der Waals surface area contributed by atoms with E-state index in [1.165, 1.54) is 6.08 Å². The fourth-order valence-electron chi connectivity index (χ4n) is 2.80. The summed E-state index contributed by atoms with van der Waals surface area (Å²) in [7, 11) is 0. The molecule has 32 heavy (non-hydrogen) atoms. The smallest absolute Gasteiger partial charge is 0.266 e. The van der Waals surface area contributed by atoms with E-state index in [-0.39, 0.29) is 23.1 Å². The van der Waals surface area contributed by atoms with Gasteiger partial charge in [-0.15, -0.1) is 0 Å². The van der Waals surface area contributed by atoms with Crippen molar-refractivity contribution in [3.63, 3.8) is 0 Å². The molecule has 0 atom stereocenters. The van der Waals surface area contributed by atoms with Crippen LogP contribution < -0.4 is 15.4 Å². The number of aryl methyl sites for hydroxylation is 1. The van der Waals surface area contributed by atoms with Crippen molar-refractivity contribution in [2.75, 3.05) is 17.2 Å². The van der Waals surface area contributed by atoms with Gasteiger partial charge in [-0.25, -0.2) is 0 Å². The number of benzene rings is 3. The van der Waals surface area contributed by atoms with Gasteiger partial charge in [-0.3, -0.25) is 9.59 Å². The largest absolute Gasteiger partial charge is 0.482 e. The second kappa shape index (κ2) is 10.8. The summed E-state index contributed by atoms with van der Waals surface area (Å²) < 4.78 is 5.49. The number of para-hydroxylation sites is 2. The lowest BCUT2D eigenvalue weighted by Crippen LogP contribution is -2.20. The lowest BCUT2D eigenvalue weighted by molar-refractivity contribution is -0.118. The molecule has 0 heterocycles. The molecule has 0 radical (unpaired) electrons. The summed E-state index contributed by atoms with van der Waals surface area (Å²) in [5, 5.41) is 15.1. The zero-order valence-corrected chi connectivity index (χ0v) is 18.0. The molecule has 160 valence electrons. The number of amides is 2. The number of nitrogens with one attached hydrogen (secondary N) is 2. The highest BCUT2D eigenvalue weighted by Crippen LogP contribution is 2.26. The molecule has 0 aromatic heterocycles. The molecule has 3 aromatic carbocycles. The number of nitriles is 1. The van der Waals surface area contributed by atoms with Crippen molar-refractivity contribution in [3.05, 3.63) is 94.5 Å². The van der Waals surface area contributed by atoms with Crippen molar-refractivity contribution in [3.8, 4) is 11.8 Å². The van der Waals surface area contributed by atoms with Gasteiger partial charge < -0.3 is 15.4 Å². The zero-order chi connectivity index (χ0) is 22.9. The Morgan fingerprint density at radius 1 is 1.03 bits per heavy atom. The van der Waals surface area contributed by atoms with Gasteiger partial charge in [0, 0.05) is 11.4 Å². The molecule has 6 nitrogen and oxygen atoms in total. The molecule has 3 aromatic rings. The van der Waals surface area contributed by atoms with Crippen LogP contribution in [-0.2, 0) is 9.59 Å². The van der Waals surface area contributed by atoms with E-state index in [0.717, 1.165) is 5.56 Å². The summed E-state index contributed by atoms with van der Waals surface area (Å²) in [6.45, 7) is 1.65. The molecule has 0 spiro atoms. The Labute approximate surface area is 191 Å². The number of carbonyl (C=O) groups excluding carboxylic acids is 2. The third kappa shape index (κ3) is 6.21. The van der Waals surface area contributed by atoms with E-state index in [4.69, 9.17) is 16.3 Å². The predicted molar refractivity (Wildman–Crippen MR) is 125 cm³/mol. The Kier molecular flexibility index (Phi) is 7.63. The molecule has 0 saturated heterocycles. The van der Waals surface area contributed by atoms with Gasteiger partial charge in [-0.2, -0.15) is 5.26 Å². The van der Waals surface area contributed by atoms with Gasteiger partial charge in [0.25, 0.3) is 11.8 Å². The topological polar surface area (TPSA) is 91.2 Å². The monoisotopic (exact) mass is 445 g/mol. The molecular formula is C25H20ClN3O3. The molecule has 0 aliphatic heterocycles. The van der Waals surface area contributed by atoms with Crippen LogP contribution in [0.2, 0.25) is 5.02 Å². The zero-order valence-electron chi connectivity index (χ0n) is 17.3. The molecule has 0 saturated carbocycles. The Balaban J connectivity index is 1.64. The fraction of sp³-hybridized carbons (Fsp3) is 0.0800. The fourth-order valence-corrected chi connectivity index (χ4v) is 3.05. The molecule has 0 bridgehead atoms. The number of hydrogen-bond donors (Lipinski definition) is 2. The third-order valence-electron chi connectivity index (χ3n) is 4.44. The van der Waals surface area contributed by atoms with E-state index < -0.39 is 5.91 Å². The quantitative estimate of drug-likeness (QED) is 0.385. The maximum Gasteiger partial charge on any atom is 0.266 e. The Hall–Kier alpha value is -4.08. The van der Waals surface area contributed by atoms with E-state index in [1.54, 1.807) is 42.5 Å². The second-order valence-electron chi connectivity index (χ2n) is 6.83. The average molecular weight is 446 g/mol. The van der Waals surface area contributed by atoms with Gasteiger partial charge >= 0.3 is 0 Å². The van der Waals surface area contributed by atoms with E-state index >= 15 is 0 Å². The molecular weight excluding hydrogens is 426 g/mol. The van der Waals surface area contributed by atoms with Gasteiger partial charge in [0.05, 0.1) is 5.02 Å². The summed E-state index contributed by atoms with van der Waals surface area (Å²) in [5.74, 6) is -0.526. The van der Waals surface area contributed by atoms with Crippen LogP contribution in [0.5, 0.6) is 5.75 Å². The molecule has 0 aliphatic rings. The van der Waals surface area contributed by atoms with E-state index in [1.807, 2.05) is 43.3 Å². The Morgan fingerprint density at radius 3 is 2.44 bits per heavy atom. The van der Waals surface area contributed by atoms with E-state index in [0.29, 0.717) is 22.7 Å². The summed E-state index contributed by atoms with van der Waals surface area (Å²) in [6, 6.07) is 23.0. The van der Waals surface area contributed by atoms with Gasteiger partial charge in [0.15, 0.2) is 6.61 Å². The third-order valence-corrected chi connectivity index (χ3v) is 4.74. The average Bonchev–Trinajstić information content (AvgIpc) is 2.79. The first-order chi connectivity index (χ1) is 15.5. The second-order valence-corrected chi connectivity index (χ2v) is 7.24. The minimum absolute atomic E-state index is 0.0692. The van der Waals surface area contributed by atoms with Crippen molar-refractivity contribution < 1.29 is 14.3 Å². The highest BCUT2D eigenvalue weighted by atomic mass is 35.5. The molecule has 0 fully saturated rings. The van der Waals surface area contributed by atoms with Crippen LogP contribution in [0.15, 0.2) is 78.4 Å². The highest BCUT2D eigenvalue weighted by Gasteiger charge is 2.12. The highest BCUT2D eigenvalue weighted by molar-refractivity contribution is 6.32. The van der Waals surface area contributed by atoms with Crippen molar-refractivity contribution >= 4 is 40.9 Å². The first-order valence-electron chi connectivity index (χ1n) is 9.72. The maximum atomic E-state index is 12.5. The Morgan fingerprint density at radius 2 is 1.75 bits per heavy atom. The molecule has 2 N–H and O–H groups in total. The first kappa shape index (κ1) is 22.6. The van der Waals surface area contributed by atoms with Crippen LogP contribution in [0.3, 0.4) is 0 Å². The number of rotatable bonds is 7. The summed E-state index contributed by atoms with van der Waals surface area (Å²) >= 11 is 6.26. The molecule has 3 rings (SSSR count). The number of hydrogen-bond acceptors (Lipinski definition) is 4. The molecule has 0 unspecified atom stereocenters. The van der Waals surface area contributed by atoms with Gasteiger partial charge in [-0.05, 0) is 54.5 Å². The van der Waals surface area contributed by atoms with Gasteiger partial charge in [-0.1, -0.05) is 54.1 Å². The van der Waals surface area contributed by atoms with Crippen molar-refractivity contribution in [1.29, 1.82) is 5.26 Å². The van der Waals surface area contributed by atoms with E-state index in [9.17, 15) is 14.9 Å². The van der Waals surface area contributed by atoms with Crippen molar-refractivity contribution in [2.45, 2.75) is 6.92 Å². The van der Waals surface area contributed by atoms with Crippen LogP contribution in [0.1, 0.15) is 11.1 Å². The van der Waals surface area contributed by atoms with Crippen LogP contribution in [0.4, 0.5) is 11.4 Å². The van der Waals surface area contributed by atoms with Gasteiger partial charge in [0.1, 0.15) is 17.4 Å². The number of halogens is 1. The van der Waals surface area contributed by atoms with Crippen LogP contribution in [0.25, 0.3) is 6.08 Å². The van der Waals surface area contributed by atoms with Crippen molar-refractivity contribution in [1.82, 2.24) is 0 Å². The first-order valence-corrected chi connectivity index (χ1v) is 10.1. The normalized spacial score (nSPS) is 10.7. The lowest BCUT2D eigenvalue weighted by atomic mass is 10.1. The predicted octanol–water partition coefficient (Wildman–Crippen LogP) is 5.21. The van der Waals surface area contributed by atoms with Crippen molar-refractivity contribution in [2.24, 2.45) is 0 Å². The summed E-state index contributed by atoms with van der Waals surface area (Å²) in [4.78, 5) is 24.5. The minimum atomic E-state index is -0.518. The molecule has 7 heteroatoms. The lowest BCUT2D eigenvalue weighted by Gasteiger charge is -2.10. The molecule has 0 aliphatic carbocycles. The Bertz CT molecular complexity index is 1200. The van der Waals surface area contributed by atoms with Crippen LogP contribution in [0, 0.1) is 18.3 Å². The summed E-state index contributed by atoms with van der Waals surface area (Å²) in [5.41, 5.74) is 2.67. The minimum Gasteiger partial charge on any atom is -0.482 e. The standard InChI is InChI=1S/C25H20ClN3O3/c1-17-7-5-6-10-22(17)29-25(31)19(15-27)13-18-11-12-23(21(26)14-18)32-16-24(30)28-20-8-3-2-4-9-20/h2-14H,16H2,1H3,(H,28,30)(H,29,31)/b19-13+. The summed E-state index contributed by atoms with van der Waals surface area (Å²) in [6.07, 6.45) is 1.44. The SMILES string of the molecule is Cc1ccccc1NC(=O)/C(C#N)=C/c1ccc(OCC(=O)Nc2ccccc2)c(Cl)c1. The van der Waals surface area contributed by atoms with Crippen LogP contribution >= 0.6 is 11.6 Å².